The minimum Gasteiger partial charge on any atom is -0.319 e. The van der Waals surface area contributed by atoms with Gasteiger partial charge in [-0.05, 0) is 27.2 Å². The van der Waals surface area contributed by atoms with Crippen LogP contribution in [-0.4, -0.2) is 40.2 Å². The lowest BCUT2D eigenvalue weighted by molar-refractivity contribution is -1.02. The number of unbranched alkanes of at least 4 members (excludes halogenated alkanes) is 7. The first-order chi connectivity index (χ1) is 9.49. The van der Waals surface area contributed by atoms with Crippen molar-refractivity contribution in [2.24, 2.45) is 0 Å². The molecule has 0 unspecified atom stereocenters. The first kappa shape index (κ1) is 19.9. The fourth-order valence-electron chi connectivity index (χ4n) is 3.16. The van der Waals surface area contributed by atoms with Crippen LogP contribution in [0.2, 0.25) is 0 Å². The molecule has 0 spiro atoms. The average molecular weight is 288 g/mol. The van der Waals surface area contributed by atoms with Crippen LogP contribution < -0.4 is 0 Å². The normalized spacial score (nSPS) is 12.9. The zero-order valence-corrected chi connectivity index (χ0v) is 14.3. The Morgan fingerprint density at radius 2 is 1.05 bits per heavy atom. The SMILES string of the molecule is CCCCCCCCCCC(O)(O)[N+](CC)(CC)CC. The van der Waals surface area contributed by atoms with Gasteiger partial charge in [0.15, 0.2) is 0 Å². The number of hydrogen-bond acceptors (Lipinski definition) is 2. The number of aliphatic hydroxyl groups is 2. The summed E-state index contributed by atoms with van der Waals surface area (Å²) in [4.78, 5) is 0. The molecule has 0 atom stereocenters. The van der Waals surface area contributed by atoms with Crippen LogP contribution in [0.4, 0.5) is 0 Å². The molecule has 2 N–H and O–H groups in total. The highest BCUT2D eigenvalue weighted by Crippen LogP contribution is 2.26. The molecule has 0 aliphatic heterocycles. The third-order valence-electron chi connectivity index (χ3n) is 4.94. The molecule has 3 nitrogen and oxygen atoms in total. The van der Waals surface area contributed by atoms with Gasteiger partial charge >= 0.3 is 5.91 Å². The molecular weight excluding hydrogens is 250 g/mol. The minimum absolute atomic E-state index is 0.392. The maximum Gasteiger partial charge on any atom is 0.313 e. The van der Waals surface area contributed by atoms with Crippen LogP contribution in [0.25, 0.3) is 0 Å². The Labute approximate surface area is 126 Å². The van der Waals surface area contributed by atoms with E-state index in [1.807, 2.05) is 20.8 Å². The first-order valence-electron chi connectivity index (χ1n) is 8.80. The van der Waals surface area contributed by atoms with E-state index in [4.69, 9.17) is 0 Å². The maximum atomic E-state index is 10.4. The first-order valence-corrected chi connectivity index (χ1v) is 8.80. The third-order valence-corrected chi connectivity index (χ3v) is 4.94. The van der Waals surface area contributed by atoms with Gasteiger partial charge < -0.3 is 10.2 Å². The lowest BCUT2D eigenvalue weighted by Gasteiger charge is -2.45. The fourth-order valence-corrected chi connectivity index (χ4v) is 3.16. The molecule has 0 bridgehead atoms. The highest BCUT2D eigenvalue weighted by Gasteiger charge is 2.44. The van der Waals surface area contributed by atoms with Crippen molar-refractivity contribution >= 4 is 0 Å². The summed E-state index contributed by atoms with van der Waals surface area (Å²) in [6, 6.07) is 0. The summed E-state index contributed by atoms with van der Waals surface area (Å²) in [5, 5.41) is 20.9. The van der Waals surface area contributed by atoms with Crippen molar-refractivity contribution in [3.05, 3.63) is 0 Å². The number of rotatable bonds is 13. The van der Waals surface area contributed by atoms with Crippen molar-refractivity contribution in [3.8, 4) is 0 Å². The van der Waals surface area contributed by atoms with Gasteiger partial charge in [-0.1, -0.05) is 51.9 Å². The van der Waals surface area contributed by atoms with Gasteiger partial charge in [0.05, 0.1) is 26.1 Å². The topological polar surface area (TPSA) is 40.5 Å². The van der Waals surface area contributed by atoms with Crippen LogP contribution in [0.15, 0.2) is 0 Å². The summed E-state index contributed by atoms with van der Waals surface area (Å²) < 4.78 is 0.392. The van der Waals surface area contributed by atoms with Crippen molar-refractivity contribution < 1.29 is 14.7 Å². The highest BCUT2D eigenvalue weighted by atomic mass is 16.5. The van der Waals surface area contributed by atoms with E-state index in [1.165, 1.54) is 38.5 Å². The van der Waals surface area contributed by atoms with E-state index < -0.39 is 5.91 Å². The summed E-state index contributed by atoms with van der Waals surface area (Å²) in [6.45, 7) is 10.7. The van der Waals surface area contributed by atoms with Crippen molar-refractivity contribution in [1.29, 1.82) is 0 Å². The maximum absolute atomic E-state index is 10.4. The van der Waals surface area contributed by atoms with Crippen molar-refractivity contribution in [1.82, 2.24) is 0 Å². The van der Waals surface area contributed by atoms with Crippen LogP contribution in [-0.2, 0) is 0 Å². The van der Waals surface area contributed by atoms with Gasteiger partial charge in [0, 0.05) is 0 Å². The molecule has 0 amide bonds. The second-order valence-corrected chi connectivity index (χ2v) is 6.09. The Kier molecular flexibility index (Phi) is 10.5. The average Bonchev–Trinajstić information content (AvgIpc) is 2.44. The predicted molar refractivity (Wildman–Crippen MR) is 86.3 cm³/mol. The second kappa shape index (κ2) is 10.6. The molecule has 0 radical (unpaired) electrons. The van der Waals surface area contributed by atoms with Gasteiger partial charge in [-0.15, -0.1) is 0 Å². The Bertz CT molecular complexity index is 217. The lowest BCUT2D eigenvalue weighted by Crippen LogP contribution is -2.64. The quantitative estimate of drug-likeness (QED) is 0.305. The zero-order chi connectivity index (χ0) is 15.5. The van der Waals surface area contributed by atoms with Crippen LogP contribution >= 0.6 is 0 Å². The monoisotopic (exact) mass is 288 g/mol. The van der Waals surface area contributed by atoms with E-state index in [2.05, 4.69) is 6.92 Å². The molecule has 0 saturated heterocycles. The summed E-state index contributed by atoms with van der Waals surface area (Å²) in [5.41, 5.74) is 0. The number of hydrogen-bond donors (Lipinski definition) is 2. The molecule has 0 saturated carbocycles. The van der Waals surface area contributed by atoms with Gasteiger partial charge in [-0.25, -0.2) is 0 Å². The van der Waals surface area contributed by atoms with E-state index in [9.17, 15) is 10.2 Å². The molecule has 0 fully saturated rings. The molecular formula is C17H38NO2+. The Hall–Kier alpha value is -0.120. The van der Waals surface area contributed by atoms with E-state index in [-0.39, 0.29) is 0 Å². The van der Waals surface area contributed by atoms with E-state index in [0.29, 0.717) is 10.9 Å². The molecule has 122 valence electrons. The van der Waals surface area contributed by atoms with Crippen molar-refractivity contribution in [3.63, 3.8) is 0 Å². The Balaban J connectivity index is 3.92. The van der Waals surface area contributed by atoms with Crippen molar-refractivity contribution in [2.75, 3.05) is 19.6 Å². The summed E-state index contributed by atoms with van der Waals surface area (Å²) >= 11 is 0. The molecule has 0 aromatic rings. The molecule has 3 heteroatoms. The Morgan fingerprint density at radius 3 is 1.45 bits per heavy atom. The van der Waals surface area contributed by atoms with Gasteiger partial charge in [-0.2, -0.15) is 0 Å². The largest absolute Gasteiger partial charge is 0.319 e. The smallest absolute Gasteiger partial charge is 0.313 e. The predicted octanol–water partition coefficient (Wildman–Crippen LogP) is 4.03. The molecule has 20 heavy (non-hydrogen) atoms. The van der Waals surface area contributed by atoms with Crippen LogP contribution in [0.5, 0.6) is 0 Å². The van der Waals surface area contributed by atoms with Gasteiger partial charge in [-0.3, -0.25) is 4.48 Å². The van der Waals surface area contributed by atoms with Crippen LogP contribution in [0, 0.1) is 0 Å². The van der Waals surface area contributed by atoms with E-state index >= 15 is 0 Å². The number of nitrogens with zero attached hydrogens (tertiary/aromatic N) is 1. The molecule has 0 heterocycles. The molecule has 0 aromatic heterocycles. The molecule has 0 aliphatic carbocycles. The van der Waals surface area contributed by atoms with E-state index in [0.717, 1.165) is 32.5 Å². The van der Waals surface area contributed by atoms with Gasteiger partial charge in [0.25, 0.3) is 0 Å². The summed E-state index contributed by atoms with van der Waals surface area (Å²) in [6.07, 6.45) is 10.4. The minimum atomic E-state index is -1.56. The summed E-state index contributed by atoms with van der Waals surface area (Å²) in [7, 11) is 0. The summed E-state index contributed by atoms with van der Waals surface area (Å²) in [5.74, 6) is -1.56. The molecule has 0 aromatic carbocycles. The lowest BCUT2D eigenvalue weighted by atomic mass is 10.0. The molecule has 0 aliphatic rings. The fraction of sp³-hybridized carbons (Fsp3) is 1.00. The zero-order valence-electron chi connectivity index (χ0n) is 14.3. The molecule has 0 rings (SSSR count). The van der Waals surface area contributed by atoms with Gasteiger partial charge in [0.1, 0.15) is 0 Å². The third kappa shape index (κ3) is 6.11. The van der Waals surface area contributed by atoms with Gasteiger partial charge in [0.2, 0.25) is 0 Å². The van der Waals surface area contributed by atoms with E-state index in [1.54, 1.807) is 0 Å². The standard InChI is InChI=1S/C17H38NO2/c1-5-9-10-11-12-13-14-15-16-17(19,20)18(6-2,7-3)8-4/h19-20H,5-16H2,1-4H3/q+1. The number of quaternary nitrogens is 1. The highest BCUT2D eigenvalue weighted by molar-refractivity contribution is 4.57. The van der Waals surface area contributed by atoms with Crippen LogP contribution in [0.3, 0.4) is 0 Å². The Morgan fingerprint density at radius 1 is 0.650 bits per heavy atom. The van der Waals surface area contributed by atoms with Crippen molar-refractivity contribution in [2.45, 2.75) is 91.4 Å². The second-order valence-electron chi connectivity index (χ2n) is 6.09. The van der Waals surface area contributed by atoms with Crippen LogP contribution in [0.1, 0.15) is 85.5 Å².